The number of benzene rings is 1. The third kappa shape index (κ3) is 3.85. The van der Waals surface area contributed by atoms with Gasteiger partial charge >= 0.3 is 0 Å². The Labute approximate surface area is 171 Å². The molecule has 0 amide bonds. The quantitative estimate of drug-likeness (QED) is 0.730. The van der Waals surface area contributed by atoms with Crippen molar-refractivity contribution in [1.29, 1.82) is 5.26 Å². The van der Waals surface area contributed by atoms with E-state index in [1.165, 1.54) is 37.4 Å². The van der Waals surface area contributed by atoms with Crippen molar-refractivity contribution in [3.8, 4) is 6.07 Å². The average molecular weight is 416 g/mol. The minimum atomic E-state index is -1.90. The number of nitriles is 1. The fourth-order valence-corrected chi connectivity index (χ4v) is 3.60. The molecule has 0 radical (unpaired) electrons. The molecule has 3 rings (SSSR count). The van der Waals surface area contributed by atoms with E-state index in [1.807, 2.05) is 6.07 Å². The molecule has 9 heteroatoms. The van der Waals surface area contributed by atoms with E-state index in [4.69, 9.17) is 15.7 Å². The summed E-state index contributed by atoms with van der Waals surface area (Å²) in [6.07, 6.45) is 0.296. The monoisotopic (exact) mass is 416 g/mol. The van der Waals surface area contributed by atoms with Gasteiger partial charge in [-0.15, -0.1) is 0 Å². The normalized spacial score (nSPS) is 23.2. The summed E-state index contributed by atoms with van der Waals surface area (Å²) in [5.74, 6) is -2.27. The zero-order valence-electron chi connectivity index (χ0n) is 16.1. The highest BCUT2D eigenvalue weighted by molar-refractivity contribution is 5.95. The van der Waals surface area contributed by atoms with Crippen molar-refractivity contribution in [3.05, 3.63) is 64.7 Å². The molecule has 0 bridgehead atoms. The summed E-state index contributed by atoms with van der Waals surface area (Å²) in [5.41, 5.74) is 4.35. The number of alkyl halides is 2. The van der Waals surface area contributed by atoms with Crippen molar-refractivity contribution >= 4 is 11.8 Å². The first-order chi connectivity index (χ1) is 14.3. The number of nitrogens with zero attached hydrogens (tertiary/aromatic N) is 3. The summed E-state index contributed by atoms with van der Waals surface area (Å²) in [6.45, 7) is -0.681. The van der Waals surface area contributed by atoms with Gasteiger partial charge < -0.3 is 10.5 Å². The maximum Gasteiger partial charge on any atom is 0.283 e. The van der Waals surface area contributed by atoms with Crippen LogP contribution in [0.3, 0.4) is 0 Å². The number of Topliss-reactive ketones (excluding diaryl/α,β-unsaturated/α-hetero) is 1. The van der Waals surface area contributed by atoms with Gasteiger partial charge in [0, 0.05) is 18.2 Å². The second-order valence-corrected chi connectivity index (χ2v) is 7.05. The van der Waals surface area contributed by atoms with Gasteiger partial charge in [-0.2, -0.15) is 5.26 Å². The molecule has 0 spiro atoms. The molecule has 2 N–H and O–H groups in total. The highest BCUT2D eigenvalue weighted by Crippen LogP contribution is 2.42. The zero-order valence-corrected chi connectivity index (χ0v) is 16.1. The maximum atomic E-state index is 14.7. The van der Waals surface area contributed by atoms with Crippen LogP contribution in [0.4, 0.5) is 13.2 Å². The first kappa shape index (κ1) is 21.3. The van der Waals surface area contributed by atoms with Crippen molar-refractivity contribution in [1.82, 2.24) is 4.98 Å². The van der Waals surface area contributed by atoms with Crippen LogP contribution in [0.1, 0.15) is 34.1 Å². The molecule has 1 aliphatic rings. The number of hydrogen-bond donors (Lipinski definition) is 1. The molecule has 1 aliphatic heterocycles. The lowest BCUT2D eigenvalue weighted by molar-refractivity contribution is 0.0241. The lowest BCUT2D eigenvalue weighted by Gasteiger charge is -2.41. The topological polar surface area (TPSA) is 101 Å². The van der Waals surface area contributed by atoms with Crippen LogP contribution >= 0.6 is 0 Å². The number of rotatable bonds is 6. The number of aliphatic imine (C=N–C) groups is 1. The molecular formula is C21H19F3N4O2. The van der Waals surface area contributed by atoms with E-state index in [2.05, 4.69) is 9.98 Å². The number of aromatic nitrogens is 1. The van der Waals surface area contributed by atoms with E-state index < -0.39 is 36.7 Å². The lowest BCUT2D eigenvalue weighted by Crippen LogP contribution is -2.50. The minimum absolute atomic E-state index is 0.128. The number of pyridine rings is 1. The molecule has 0 saturated heterocycles. The second kappa shape index (κ2) is 8.53. The number of hydrogen-bond acceptors (Lipinski definition) is 6. The standard InChI is InChI=1S/C21H19F3N4O2/c1-12-16(8-22)21(11-23,28-20(26)30-12)15-6-13(2-4-17(15)24)7-19(29)18-5-3-14(9-25)10-27-18/h2-6,10,12,16H,7-8,11H2,1H3,(H2,26,28)/t12-,16+,21-/m1/s1. The largest absolute Gasteiger partial charge is 0.462 e. The molecule has 1 aromatic heterocycles. The fourth-order valence-electron chi connectivity index (χ4n) is 3.60. The summed E-state index contributed by atoms with van der Waals surface area (Å²) in [7, 11) is 0. The van der Waals surface area contributed by atoms with Crippen LogP contribution in [-0.4, -0.2) is 36.2 Å². The number of halogens is 3. The van der Waals surface area contributed by atoms with Gasteiger partial charge in [-0.25, -0.2) is 13.8 Å². The molecule has 2 aromatic rings. The predicted molar refractivity (Wildman–Crippen MR) is 103 cm³/mol. The SMILES string of the molecule is C[C@H]1OC(N)=N[C@](CF)(c2cc(CC(=O)c3ccc(C#N)cn3)ccc2F)[C@H]1CF. The maximum absolute atomic E-state index is 14.7. The first-order valence-electron chi connectivity index (χ1n) is 9.16. The molecule has 2 heterocycles. The molecule has 0 saturated carbocycles. The van der Waals surface area contributed by atoms with Crippen molar-refractivity contribution in [3.63, 3.8) is 0 Å². The summed E-state index contributed by atoms with van der Waals surface area (Å²) in [4.78, 5) is 20.4. The summed E-state index contributed by atoms with van der Waals surface area (Å²) in [6, 6.07) is 8.19. The molecule has 156 valence electrons. The smallest absolute Gasteiger partial charge is 0.283 e. The van der Waals surface area contributed by atoms with Crippen molar-refractivity contribution < 1.29 is 22.7 Å². The second-order valence-electron chi connectivity index (χ2n) is 7.05. The zero-order chi connectivity index (χ0) is 21.9. The average Bonchev–Trinajstić information content (AvgIpc) is 2.74. The van der Waals surface area contributed by atoms with Crippen LogP contribution in [0.2, 0.25) is 0 Å². The molecule has 0 aliphatic carbocycles. The molecule has 6 nitrogen and oxygen atoms in total. The molecule has 0 fully saturated rings. The van der Waals surface area contributed by atoms with Crippen molar-refractivity contribution in [2.45, 2.75) is 25.0 Å². The molecule has 1 aromatic carbocycles. The number of nitrogens with two attached hydrogens (primary N) is 1. The van der Waals surface area contributed by atoms with E-state index >= 15 is 0 Å². The van der Waals surface area contributed by atoms with Gasteiger partial charge in [0.1, 0.15) is 35.9 Å². The van der Waals surface area contributed by atoms with Crippen molar-refractivity contribution in [2.75, 3.05) is 13.3 Å². The van der Waals surface area contributed by atoms with Gasteiger partial charge in [-0.1, -0.05) is 6.07 Å². The molecule has 0 unspecified atom stereocenters. The number of ketones is 1. The summed E-state index contributed by atoms with van der Waals surface area (Å²) < 4.78 is 48.0. The Morgan fingerprint density at radius 2 is 2.10 bits per heavy atom. The Kier molecular flexibility index (Phi) is 6.06. The molecular weight excluding hydrogens is 397 g/mol. The van der Waals surface area contributed by atoms with E-state index in [9.17, 15) is 18.0 Å². The fraction of sp³-hybridized carbons (Fsp3) is 0.333. The lowest BCUT2D eigenvalue weighted by atomic mass is 9.75. The van der Waals surface area contributed by atoms with Crippen LogP contribution in [0.15, 0.2) is 41.5 Å². The summed E-state index contributed by atoms with van der Waals surface area (Å²) in [5, 5.41) is 8.81. The van der Waals surface area contributed by atoms with Crippen molar-refractivity contribution in [2.24, 2.45) is 16.6 Å². The molecule has 3 atom stereocenters. The third-order valence-corrected chi connectivity index (χ3v) is 5.21. The first-order valence-corrected chi connectivity index (χ1v) is 9.16. The van der Waals surface area contributed by atoms with E-state index in [-0.39, 0.29) is 29.5 Å². The Morgan fingerprint density at radius 3 is 2.70 bits per heavy atom. The number of ether oxygens (including phenoxy) is 1. The van der Waals surface area contributed by atoms with Gasteiger partial charge in [-0.3, -0.25) is 14.2 Å². The highest BCUT2D eigenvalue weighted by atomic mass is 19.1. The third-order valence-electron chi connectivity index (χ3n) is 5.21. The van der Waals surface area contributed by atoms with Crippen LogP contribution in [0.5, 0.6) is 0 Å². The Morgan fingerprint density at radius 1 is 1.33 bits per heavy atom. The number of carbonyl (C=O) groups is 1. The minimum Gasteiger partial charge on any atom is -0.462 e. The Hall–Kier alpha value is -3.41. The molecule has 30 heavy (non-hydrogen) atoms. The summed E-state index contributed by atoms with van der Waals surface area (Å²) >= 11 is 0. The van der Waals surface area contributed by atoms with Gasteiger partial charge in [-0.05, 0) is 36.8 Å². The Balaban J connectivity index is 1.98. The van der Waals surface area contributed by atoms with Gasteiger partial charge in [0.25, 0.3) is 6.02 Å². The number of carbonyl (C=O) groups excluding carboxylic acids is 1. The highest BCUT2D eigenvalue weighted by Gasteiger charge is 2.49. The Bertz CT molecular complexity index is 1020. The number of amidine groups is 1. The van der Waals surface area contributed by atoms with E-state index in [0.717, 1.165) is 6.07 Å². The van der Waals surface area contributed by atoms with Crippen LogP contribution in [0.25, 0.3) is 0 Å². The van der Waals surface area contributed by atoms with Gasteiger partial charge in [0.15, 0.2) is 5.78 Å². The van der Waals surface area contributed by atoms with Crippen LogP contribution in [0, 0.1) is 23.1 Å². The van der Waals surface area contributed by atoms with Gasteiger partial charge in [0.05, 0.1) is 18.2 Å². The van der Waals surface area contributed by atoms with E-state index in [0.29, 0.717) is 11.1 Å². The predicted octanol–water partition coefficient (Wildman–Crippen LogP) is 3.00. The van der Waals surface area contributed by atoms with Gasteiger partial charge in [0.2, 0.25) is 0 Å². The van der Waals surface area contributed by atoms with E-state index in [1.54, 1.807) is 0 Å². The van der Waals surface area contributed by atoms with Crippen LogP contribution in [-0.2, 0) is 16.7 Å². The van der Waals surface area contributed by atoms with Crippen LogP contribution < -0.4 is 5.73 Å².